The summed E-state index contributed by atoms with van der Waals surface area (Å²) in [5, 5.41) is 22.2. The highest BCUT2D eigenvalue weighted by molar-refractivity contribution is 5.81. The molecule has 0 spiro atoms. The van der Waals surface area contributed by atoms with E-state index >= 15 is 0 Å². The van der Waals surface area contributed by atoms with Gasteiger partial charge in [0.25, 0.3) is 0 Å². The van der Waals surface area contributed by atoms with Gasteiger partial charge in [-0.3, -0.25) is 19.8 Å². The van der Waals surface area contributed by atoms with E-state index in [4.69, 9.17) is 16.6 Å². The zero-order chi connectivity index (χ0) is 19.6. The van der Waals surface area contributed by atoms with Crippen LogP contribution in [0, 0.1) is 5.92 Å². The number of amides is 2. The van der Waals surface area contributed by atoms with Crippen LogP contribution in [0.2, 0.25) is 0 Å². The number of likely N-dealkylation sites (N-methyl/N-ethyl adjacent to an activating group) is 1. The number of rotatable bonds is 12. The van der Waals surface area contributed by atoms with Gasteiger partial charge in [-0.05, 0) is 18.8 Å². The number of hydrogen-bond acceptors (Lipinski definition) is 7. The summed E-state index contributed by atoms with van der Waals surface area (Å²) in [4.78, 5) is 33.9. The van der Waals surface area contributed by atoms with Crippen LogP contribution in [0.5, 0.6) is 0 Å². The maximum atomic E-state index is 11.8. The average molecular weight is 361 g/mol. The van der Waals surface area contributed by atoms with Gasteiger partial charge in [-0.1, -0.05) is 13.8 Å². The number of carbonyl (C=O) groups is 3. The average Bonchev–Trinajstić information content (AvgIpc) is 2.42. The van der Waals surface area contributed by atoms with Crippen molar-refractivity contribution in [2.45, 2.75) is 51.3 Å². The minimum Gasteiger partial charge on any atom is -0.480 e. The number of carboxylic acids is 1. The van der Waals surface area contributed by atoms with Crippen LogP contribution in [0.1, 0.15) is 33.1 Å². The van der Waals surface area contributed by atoms with E-state index < -0.39 is 30.1 Å². The molecule has 25 heavy (non-hydrogen) atoms. The number of hydrogen-bond donors (Lipinski definition) is 6. The van der Waals surface area contributed by atoms with Crippen molar-refractivity contribution in [2.75, 3.05) is 20.1 Å². The molecular weight excluding hydrogens is 330 g/mol. The fourth-order valence-corrected chi connectivity index (χ4v) is 2.22. The first kappa shape index (κ1) is 23.2. The van der Waals surface area contributed by atoms with Crippen LogP contribution in [0.25, 0.3) is 0 Å². The monoisotopic (exact) mass is 361 g/mol. The molecule has 3 atom stereocenters. The molecule has 10 nitrogen and oxygen atoms in total. The van der Waals surface area contributed by atoms with Crippen molar-refractivity contribution in [1.29, 1.82) is 0 Å². The Labute approximate surface area is 147 Å². The summed E-state index contributed by atoms with van der Waals surface area (Å²) in [6.07, 6.45) is -0.335. The number of nitrogens with one attached hydrogen (secondary N) is 2. The SMILES string of the molecule is CC(C)C[C@H](N)C(=O)NC[C@H](O)C[C@@H](N)CC(=O)NN(C)CC(=O)O. The molecule has 0 heterocycles. The molecule has 0 saturated heterocycles. The van der Waals surface area contributed by atoms with Crippen molar-refractivity contribution >= 4 is 17.8 Å². The Balaban J connectivity index is 4.08. The zero-order valence-corrected chi connectivity index (χ0v) is 15.1. The van der Waals surface area contributed by atoms with Gasteiger partial charge in [-0.15, -0.1) is 0 Å². The minimum atomic E-state index is -1.08. The highest BCUT2D eigenvalue weighted by atomic mass is 16.4. The predicted octanol–water partition coefficient (Wildman–Crippen LogP) is -2.01. The van der Waals surface area contributed by atoms with Crippen LogP contribution in [-0.4, -0.2) is 71.3 Å². The Morgan fingerprint density at radius 3 is 2.28 bits per heavy atom. The van der Waals surface area contributed by atoms with E-state index in [0.717, 1.165) is 5.01 Å². The molecule has 0 aliphatic heterocycles. The standard InChI is InChI=1S/C15H31N5O5/c1-9(2)4-12(17)15(25)18-7-11(21)5-10(16)6-13(22)19-20(3)8-14(23)24/h9-12,21H,4-8,16-17H2,1-3H3,(H,18,25)(H,19,22)(H,23,24)/t10-,11-,12+/m1/s1. The lowest BCUT2D eigenvalue weighted by molar-refractivity contribution is -0.139. The van der Waals surface area contributed by atoms with Gasteiger partial charge in [0, 0.05) is 26.1 Å². The molecule has 2 amide bonds. The fourth-order valence-electron chi connectivity index (χ4n) is 2.22. The predicted molar refractivity (Wildman–Crippen MR) is 92.1 cm³/mol. The topological polar surface area (TPSA) is 171 Å². The number of carbonyl (C=O) groups excluding carboxylic acids is 2. The van der Waals surface area contributed by atoms with Crippen molar-refractivity contribution in [2.24, 2.45) is 17.4 Å². The minimum absolute atomic E-state index is 0.00113. The summed E-state index contributed by atoms with van der Waals surface area (Å²) >= 11 is 0. The van der Waals surface area contributed by atoms with Gasteiger partial charge in [0.1, 0.15) is 6.54 Å². The molecule has 0 aliphatic rings. The van der Waals surface area contributed by atoms with Gasteiger partial charge in [0.2, 0.25) is 11.8 Å². The lowest BCUT2D eigenvalue weighted by Gasteiger charge is -2.20. The van der Waals surface area contributed by atoms with E-state index in [2.05, 4.69) is 10.7 Å². The Morgan fingerprint density at radius 2 is 1.76 bits per heavy atom. The van der Waals surface area contributed by atoms with Gasteiger partial charge in [0.05, 0.1) is 12.1 Å². The van der Waals surface area contributed by atoms with Crippen molar-refractivity contribution in [3.63, 3.8) is 0 Å². The van der Waals surface area contributed by atoms with Gasteiger partial charge in [-0.2, -0.15) is 0 Å². The van der Waals surface area contributed by atoms with Gasteiger partial charge < -0.3 is 27.0 Å². The second kappa shape index (κ2) is 11.7. The van der Waals surface area contributed by atoms with E-state index in [9.17, 15) is 19.5 Å². The smallest absolute Gasteiger partial charge is 0.319 e. The highest BCUT2D eigenvalue weighted by Gasteiger charge is 2.19. The third kappa shape index (κ3) is 12.3. The van der Waals surface area contributed by atoms with Crippen LogP contribution in [0.3, 0.4) is 0 Å². The van der Waals surface area contributed by atoms with Gasteiger partial charge in [0.15, 0.2) is 0 Å². The largest absolute Gasteiger partial charge is 0.480 e. The quantitative estimate of drug-likeness (QED) is 0.216. The molecule has 10 heteroatoms. The molecule has 0 unspecified atom stereocenters. The molecular formula is C15H31N5O5. The zero-order valence-electron chi connectivity index (χ0n) is 15.1. The van der Waals surface area contributed by atoms with E-state index in [1.165, 1.54) is 7.05 Å². The molecule has 0 aromatic rings. The molecule has 0 aromatic heterocycles. The Morgan fingerprint density at radius 1 is 1.16 bits per heavy atom. The summed E-state index contributed by atoms with van der Waals surface area (Å²) in [6.45, 7) is 3.57. The van der Waals surface area contributed by atoms with E-state index in [1.807, 2.05) is 13.8 Å². The molecule has 8 N–H and O–H groups in total. The molecule has 0 saturated carbocycles. The summed E-state index contributed by atoms with van der Waals surface area (Å²) < 4.78 is 0. The van der Waals surface area contributed by atoms with Gasteiger partial charge >= 0.3 is 5.97 Å². The second-order valence-corrected chi connectivity index (χ2v) is 6.62. The Hall–Kier alpha value is -1.75. The third-order valence-corrected chi connectivity index (χ3v) is 3.28. The van der Waals surface area contributed by atoms with Crippen LogP contribution in [0.4, 0.5) is 0 Å². The van der Waals surface area contributed by atoms with E-state index in [1.54, 1.807) is 0 Å². The summed E-state index contributed by atoms with van der Waals surface area (Å²) in [6, 6.07) is -1.26. The second-order valence-electron chi connectivity index (χ2n) is 6.62. The molecule has 0 aliphatic carbocycles. The first-order valence-corrected chi connectivity index (χ1v) is 8.20. The van der Waals surface area contributed by atoms with Crippen molar-refractivity contribution in [3.8, 4) is 0 Å². The summed E-state index contributed by atoms with van der Waals surface area (Å²) in [5.74, 6) is -1.58. The molecule has 0 fully saturated rings. The van der Waals surface area contributed by atoms with Crippen molar-refractivity contribution < 1.29 is 24.6 Å². The first-order chi connectivity index (χ1) is 11.5. The Kier molecular flexibility index (Phi) is 10.9. The number of hydrazine groups is 1. The number of nitrogens with two attached hydrogens (primary N) is 2. The third-order valence-electron chi connectivity index (χ3n) is 3.28. The Bertz CT molecular complexity index is 446. The van der Waals surface area contributed by atoms with E-state index in [0.29, 0.717) is 6.42 Å². The lowest BCUT2D eigenvalue weighted by atomic mass is 10.0. The van der Waals surface area contributed by atoms with Crippen molar-refractivity contribution in [1.82, 2.24) is 15.8 Å². The lowest BCUT2D eigenvalue weighted by Crippen LogP contribution is -2.46. The van der Waals surface area contributed by atoms with Crippen LogP contribution >= 0.6 is 0 Å². The number of aliphatic hydroxyl groups is 1. The maximum Gasteiger partial charge on any atom is 0.319 e. The number of nitrogens with zero attached hydrogens (tertiary/aromatic N) is 1. The molecule has 0 aromatic carbocycles. The fraction of sp³-hybridized carbons (Fsp3) is 0.800. The molecule has 146 valence electrons. The van der Waals surface area contributed by atoms with Gasteiger partial charge in [-0.25, -0.2) is 5.01 Å². The van der Waals surface area contributed by atoms with Crippen LogP contribution in [-0.2, 0) is 14.4 Å². The molecule has 0 radical (unpaired) electrons. The van der Waals surface area contributed by atoms with Crippen LogP contribution in [0.15, 0.2) is 0 Å². The number of aliphatic carboxylic acids is 1. The first-order valence-electron chi connectivity index (χ1n) is 8.20. The summed E-state index contributed by atoms with van der Waals surface area (Å²) in [5.41, 5.74) is 13.9. The molecule has 0 rings (SSSR count). The number of aliphatic hydroxyl groups excluding tert-OH is 1. The van der Waals surface area contributed by atoms with Crippen molar-refractivity contribution in [3.05, 3.63) is 0 Å². The summed E-state index contributed by atoms with van der Waals surface area (Å²) in [7, 11) is 1.42. The number of carboxylic acid groups (broad SMARTS) is 1. The maximum absolute atomic E-state index is 11.8. The normalized spacial score (nSPS) is 14.9. The van der Waals surface area contributed by atoms with E-state index in [-0.39, 0.29) is 37.8 Å². The highest BCUT2D eigenvalue weighted by Crippen LogP contribution is 2.03. The molecule has 0 bridgehead atoms. The van der Waals surface area contributed by atoms with Crippen LogP contribution < -0.4 is 22.2 Å².